The van der Waals surface area contributed by atoms with Crippen LogP contribution in [0.25, 0.3) is 0 Å². The van der Waals surface area contributed by atoms with E-state index in [0.717, 1.165) is 6.42 Å². The number of hydrogen-bond donors (Lipinski definition) is 2. The third kappa shape index (κ3) is 1.93. The average Bonchev–Trinajstić information content (AvgIpc) is 2.12. The van der Waals surface area contributed by atoms with Crippen LogP contribution < -0.4 is 11.3 Å². The maximum absolute atomic E-state index is 10.8. The highest BCUT2D eigenvalue weighted by Crippen LogP contribution is 2.16. The first-order chi connectivity index (χ1) is 4.64. The molecule has 1 aliphatic rings. The van der Waals surface area contributed by atoms with E-state index in [0.29, 0.717) is 18.1 Å². The maximum Gasteiger partial charge on any atom is 0.150 e. The van der Waals surface area contributed by atoms with Crippen LogP contribution in [-0.2, 0) is 9.84 Å². The van der Waals surface area contributed by atoms with E-state index in [4.69, 9.17) is 5.84 Å². The predicted molar refractivity (Wildman–Crippen MR) is 39.0 cm³/mol. The van der Waals surface area contributed by atoms with Crippen molar-refractivity contribution in [1.29, 1.82) is 0 Å². The van der Waals surface area contributed by atoms with E-state index in [1.165, 1.54) is 0 Å². The van der Waals surface area contributed by atoms with Crippen LogP contribution in [0.3, 0.4) is 0 Å². The zero-order chi connectivity index (χ0) is 7.61. The molecule has 5 heteroatoms. The van der Waals surface area contributed by atoms with Crippen LogP contribution in [0.5, 0.6) is 0 Å². The van der Waals surface area contributed by atoms with Crippen LogP contribution in [0, 0.1) is 5.92 Å². The molecule has 1 saturated heterocycles. The van der Waals surface area contributed by atoms with Gasteiger partial charge in [-0.1, -0.05) is 0 Å². The van der Waals surface area contributed by atoms with Gasteiger partial charge in [-0.25, -0.2) is 8.42 Å². The molecule has 3 N–H and O–H groups in total. The van der Waals surface area contributed by atoms with Crippen molar-refractivity contribution in [3.05, 3.63) is 0 Å². The minimum absolute atomic E-state index is 0.231. The summed E-state index contributed by atoms with van der Waals surface area (Å²) in [6.07, 6.45) is 0.756. The Morgan fingerprint density at radius 1 is 1.60 bits per heavy atom. The summed E-state index contributed by atoms with van der Waals surface area (Å²) in [5.74, 6) is 5.92. The summed E-state index contributed by atoms with van der Waals surface area (Å²) >= 11 is 0. The topological polar surface area (TPSA) is 72.2 Å². The van der Waals surface area contributed by atoms with E-state index in [2.05, 4.69) is 5.43 Å². The molecule has 1 atom stereocenters. The van der Waals surface area contributed by atoms with Crippen molar-refractivity contribution in [3.8, 4) is 0 Å². The first-order valence-corrected chi connectivity index (χ1v) is 5.10. The zero-order valence-electron chi connectivity index (χ0n) is 5.71. The Bertz CT molecular complexity index is 200. The van der Waals surface area contributed by atoms with E-state index in [-0.39, 0.29) is 5.92 Å². The Morgan fingerprint density at radius 3 is 2.70 bits per heavy atom. The smallest absolute Gasteiger partial charge is 0.150 e. The predicted octanol–water partition coefficient (Wildman–Crippen LogP) is -1.12. The van der Waals surface area contributed by atoms with Crippen LogP contribution in [-0.4, -0.2) is 26.5 Å². The highest BCUT2D eigenvalue weighted by Gasteiger charge is 2.26. The minimum atomic E-state index is -2.71. The third-order valence-corrected chi connectivity index (χ3v) is 3.57. The lowest BCUT2D eigenvalue weighted by Crippen LogP contribution is -2.29. The van der Waals surface area contributed by atoms with Gasteiger partial charge in [0, 0.05) is 6.54 Å². The van der Waals surface area contributed by atoms with Crippen LogP contribution in [0.2, 0.25) is 0 Å². The minimum Gasteiger partial charge on any atom is -0.271 e. The van der Waals surface area contributed by atoms with Crippen LogP contribution >= 0.6 is 0 Å². The van der Waals surface area contributed by atoms with Crippen LogP contribution in [0.15, 0.2) is 0 Å². The second-order valence-electron chi connectivity index (χ2n) is 2.68. The van der Waals surface area contributed by atoms with Crippen molar-refractivity contribution in [3.63, 3.8) is 0 Å². The van der Waals surface area contributed by atoms with Gasteiger partial charge in [-0.3, -0.25) is 11.3 Å². The number of nitrogens with one attached hydrogen (secondary N) is 1. The van der Waals surface area contributed by atoms with E-state index in [1.54, 1.807) is 0 Å². The summed E-state index contributed by atoms with van der Waals surface area (Å²) in [5.41, 5.74) is 2.48. The summed E-state index contributed by atoms with van der Waals surface area (Å²) in [7, 11) is -2.71. The molecular formula is C5H12N2O2S. The van der Waals surface area contributed by atoms with Gasteiger partial charge in [0.1, 0.15) is 0 Å². The fraction of sp³-hybridized carbons (Fsp3) is 1.00. The second-order valence-corrected chi connectivity index (χ2v) is 4.91. The molecule has 1 fully saturated rings. The quantitative estimate of drug-likeness (QED) is 0.401. The molecule has 60 valence electrons. The van der Waals surface area contributed by atoms with E-state index < -0.39 is 9.84 Å². The van der Waals surface area contributed by atoms with E-state index >= 15 is 0 Å². The molecule has 1 heterocycles. The molecule has 0 radical (unpaired) electrons. The highest BCUT2D eigenvalue weighted by molar-refractivity contribution is 7.91. The molecule has 0 saturated carbocycles. The standard InChI is InChI=1S/C5H12N2O2S/c6-7-3-5-1-2-10(8,9)4-5/h5,7H,1-4,6H2. The fourth-order valence-electron chi connectivity index (χ4n) is 1.20. The lowest BCUT2D eigenvalue weighted by molar-refractivity contribution is 0.533. The van der Waals surface area contributed by atoms with E-state index in [9.17, 15) is 8.42 Å². The summed E-state index contributed by atoms with van der Waals surface area (Å²) < 4.78 is 21.7. The number of rotatable bonds is 2. The lowest BCUT2D eigenvalue weighted by Gasteiger charge is -2.03. The van der Waals surface area contributed by atoms with Crippen LogP contribution in [0.4, 0.5) is 0 Å². The lowest BCUT2D eigenvalue weighted by atomic mass is 10.1. The van der Waals surface area contributed by atoms with E-state index in [1.807, 2.05) is 0 Å². The van der Waals surface area contributed by atoms with Crippen molar-refractivity contribution >= 4 is 9.84 Å². The number of sulfone groups is 1. The maximum atomic E-state index is 10.8. The summed E-state index contributed by atoms with van der Waals surface area (Å²) in [6.45, 7) is 0.610. The molecular weight excluding hydrogens is 152 g/mol. The highest BCUT2D eigenvalue weighted by atomic mass is 32.2. The summed E-state index contributed by atoms with van der Waals surface area (Å²) in [6, 6.07) is 0. The van der Waals surface area contributed by atoms with Gasteiger partial charge in [-0.05, 0) is 12.3 Å². The summed E-state index contributed by atoms with van der Waals surface area (Å²) in [4.78, 5) is 0. The molecule has 0 spiro atoms. The van der Waals surface area contributed by atoms with Gasteiger partial charge in [0.15, 0.2) is 9.84 Å². The Labute approximate surface area is 60.7 Å². The molecule has 1 aliphatic heterocycles. The van der Waals surface area contributed by atoms with Crippen LogP contribution in [0.1, 0.15) is 6.42 Å². The van der Waals surface area contributed by atoms with Gasteiger partial charge in [0.25, 0.3) is 0 Å². The molecule has 4 nitrogen and oxygen atoms in total. The third-order valence-electron chi connectivity index (χ3n) is 1.73. The van der Waals surface area contributed by atoms with Gasteiger partial charge in [0.2, 0.25) is 0 Å². The Morgan fingerprint density at radius 2 is 2.30 bits per heavy atom. The molecule has 0 aliphatic carbocycles. The molecule has 0 amide bonds. The van der Waals surface area contributed by atoms with Crippen molar-refractivity contribution in [2.45, 2.75) is 6.42 Å². The van der Waals surface area contributed by atoms with Gasteiger partial charge in [-0.2, -0.15) is 0 Å². The SMILES string of the molecule is NNCC1CCS(=O)(=O)C1. The largest absolute Gasteiger partial charge is 0.271 e. The molecule has 0 aromatic heterocycles. The monoisotopic (exact) mass is 164 g/mol. The van der Waals surface area contributed by atoms with Crippen molar-refractivity contribution < 1.29 is 8.42 Å². The first kappa shape index (κ1) is 7.97. The van der Waals surface area contributed by atoms with Crippen molar-refractivity contribution in [1.82, 2.24) is 5.43 Å². The fourth-order valence-corrected chi connectivity index (χ4v) is 3.06. The van der Waals surface area contributed by atoms with Gasteiger partial charge < -0.3 is 0 Å². The average molecular weight is 164 g/mol. The molecule has 10 heavy (non-hydrogen) atoms. The first-order valence-electron chi connectivity index (χ1n) is 3.28. The van der Waals surface area contributed by atoms with Gasteiger partial charge in [-0.15, -0.1) is 0 Å². The summed E-state index contributed by atoms with van der Waals surface area (Å²) in [5, 5.41) is 0. The van der Waals surface area contributed by atoms with Crippen molar-refractivity contribution in [2.75, 3.05) is 18.1 Å². The van der Waals surface area contributed by atoms with Gasteiger partial charge in [0.05, 0.1) is 11.5 Å². The number of hydrogen-bond acceptors (Lipinski definition) is 4. The molecule has 1 rings (SSSR count). The molecule has 0 aromatic carbocycles. The molecule has 1 unspecified atom stereocenters. The normalized spacial score (nSPS) is 30.7. The Kier molecular flexibility index (Phi) is 2.28. The van der Waals surface area contributed by atoms with Gasteiger partial charge >= 0.3 is 0 Å². The zero-order valence-corrected chi connectivity index (χ0v) is 6.52. The number of hydrazine groups is 1. The Hall–Kier alpha value is -0.130. The Balaban J connectivity index is 2.44. The second kappa shape index (κ2) is 2.86. The molecule has 0 aromatic rings. The van der Waals surface area contributed by atoms with Crippen molar-refractivity contribution in [2.24, 2.45) is 11.8 Å². The number of nitrogens with two attached hydrogens (primary N) is 1. The molecule has 0 bridgehead atoms.